The molecule has 0 bridgehead atoms. The Labute approximate surface area is 149 Å². The van der Waals surface area contributed by atoms with Crippen LogP contribution < -0.4 is 0 Å². The van der Waals surface area contributed by atoms with Gasteiger partial charge < -0.3 is 18.9 Å². The van der Waals surface area contributed by atoms with E-state index in [1.54, 1.807) is 13.8 Å². The molecular formula is C13H20O10S2. The highest BCUT2D eigenvalue weighted by molar-refractivity contribution is 8.13. The Balaban J connectivity index is 2.24. The molecule has 2 heterocycles. The minimum Gasteiger partial charge on any atom is -0.457 e. The van der Waals surface area contributed by atoms with Gasteiger partial charge in [-0.05, 0) is 13.8 Å². The second-order valence-electron chi connectivity index (χ2n) is 6.01. The van der Waals surface area contributed by atoms with Crippen molar-refractivity contribution < 1.29 is 45.7 Å². The summed E-state index contributed by atoms with van der Waals surface area (Å²) in [5.74, 6) is -1.77. The predicted molar refractivity (Wildman–Crippen MR) is 83.8 cm³/mol. The predicted octanol–water partition coefficient (Wildman–Crippen LogP) is 0.262. The zero-order valence-corrected chi connectivity index (χ0v) is 15.7. The summed E-state index contributed by atoms with van der Waals surface area (Å²) in [5.41, 5.74) is 0. The Kier molecular flexibility index (Phi) is 6.14. The molecule has 0 spiro atoms. The van der Waals surface area contributed by atoms with Gasteiger partial charge in [-0.25, -0.2) is 4.18 Å². The van der Waals surface area contributed by atoms with E-state index in [9.17, 15) is 18.0 Å². The van der Waals surface area contributed by atoms with Gasteiger partial charge >= 0.3 is 16.4 Å². The molecule has 5 atom stereocenters. The van der Waals surface area contributed by atoms with Crippen molar-refractivity contribution in [2.24, 2.45) is 0 Å². The Morgan fingerprint density at radius 3 is 2.44 bits per heavy atom. The lowest BCUT2D eigenvalue weighted by Gasteiger charge is -2.29. The van der Waals surface area contributed by atoms with Crippen LogP contribution in [-0.2, 0) is 43.1 Å². The van der Waals surface area contributed by atoms with Gasteiger partial charge in [-0.2, -0.15) is 8.42 Å². The second-order valence-corrected chi connectivity index (χ2v) is 8.25. The molecule has 0 aliphatic carbocycles. The minimum absolute atomic E-state index is 0.152. The van der Waals surface area contributed by atoms with Gasteiger partial charge in [-0.1, -0.05) is 11.8 Å². The van der Waals surface area contributed by atoms with Gasteiger partial charge in [0.05, 0.1) is 0 Å². The van der Waals surface area contributed by atoms with Crippen LogP contribution in [-0.4, -0.2) is 66.3 Å². The number of hydrogen-bond acceptors (Lipinski definition) is 10. The van der Waals surface area contributed by atoms with Crippen LogP contribution >= 0.6 is 11.8 Å². The van der Waals surface area contributed by atoms with Crippen molar-refractivity contribution in [3.8, 4) is 0 Å². The monoisotopic (exact) mass is 400 g/mol. The molecule has 0 aromatic heterocycles. The Morgan fingerprint density at radius 1 is 1.28 bits per heavy atom. The van der Waals surface area contributed by atoms with Crippen LogP contribution in [0.3, 0.4) is 0 Å². The Hall–Kier alpha value is -0.760. The zero-order valence-electron chi connectivity index (χ0n) is 14.0. The molecule has 0 unspecified atom stereocenters. The summed E-state index contributed by atoms with van der Waals surface area (Å²) < 4.78 is 57.9. The molecule has 10 nitrogen and oxygen atoms in total. The smallest absolute Gasteiger partial charge is 0.397 e. The third-order valence-electron chi connectivity index (χ3n) is 3.39. The SMILES string of the molecule is CC(=O)O[C@@H]1[C@H]2OC(C)(C)O[C@H]2O[C@@H]1[C@@H](CSC(C)=O)OS(=O)(=O)O. The number of fused-ring (bicyclic) bond motifs is 1. The van der Waals surface area contributed by atoms with E-state index < -0.39 is 52.9 Å². The molecule has 2 aliphatic heterocycles. The van der Waals surface area contributed by atoms with Gasteiger partial charge in [0.1, 0.15) is 12.2 Å². The maximum absolute atomic E-state index is 11.4. The standard InChI is InChI=1S/C13H20O10S2/c1-6(14)19-10-9(20-12-11(10)21-13(3,4)22-12)8(5-24-7(2)15)23-25(16,17)18/h8-12H,5H2,1-4H3,(H,16,17,18)/t8-,9-,10+,11-,12-/m1/s1. The number of rotatable bonds is 6. The van der Waals surface area contributed by atoms with Crippen molar-refractivity contribution in [1.82, 2.24) is 0 Å². The van der Waals surface area contributed by atoms with E-state index in [0.717, 1.165) is 11.8 Å². The number of thioether (sulfide) groups is 1. The van der Waals surface area contributed by atoms with Crippen molar-refractivity contribution in [2.75, 3.05) is 5.75 Å². The summed E-state index contributed by atoms with van der Waals surface area (Å²) in [7, 11) is -4.83. The van der Waals surface area contributed by atoms with Crippen LogP contribution in [0.15, 0.2) is 0 Å². The topological polar surface area (TPSA) is 135 Å². The lowest BCUT2D eigenvalue weighted by molar-refractivity contribution is -0.226. The summed E-state index contributed by atoms with van der Waals surface area (Å²) >= 11 is 0.774. The molecular weight excluding hydrogens is 380 g/mol. The van der Waals surface area contributed by atoms with Crippen molar-refractivity contribution in [3.63, 3.8) is 0 Å². The van der Waals surface area contributed by atoms with Gasteiger partial charge in [0.2, 0.25) is 0 Å². The van der Waals surface area contributed by atoms with E-state index in [1.165, 1.54) is 13.8 Å². The number of hydrogen-bond donors (Lipinski definition) is 1. The highest BCUT2D eigenvalue weighted by Crippen LogP contribution is 2.40. The first-order valence-corrected chi connectivity index (χ1v) is 9.70. The summed E-state index contributed by atoms with van der Waals surface area (Å²) in [6, 6.07) is 0. The largest absolute Gasteiger partial charge is 0.457 e. The molecule has 2 rings (SSSR count). The van der Waals surface area contributed by atoms with E-state index in [0.29, 0.717) is 0 Å². The molecule has 0 amide bonds. The maximum atomic E-state index is 11.4. The summed E-state index contributed by atoms with van der Waals surface area (Å²) in [4.78, 5) is 22.6. The average molecular weight is 400 g/mol. The van der Waals surface area contributed by atoms with Gasteiger partial charge in [-0.15, -0.1) is 0 Å². The molecule has 25 heavy (non-hydrogen) atoms. The summed E-state index contributed by atoms with van der Waals surface area (Å²) in [6.07, 6.45) is -5.18. The molecule has 2 fully saturated rings. The second kappa shape index (κ2) is 7.47. The minimum atomic E-state index is -4.83. The highest BCUT2D eigenvalue weighted by Gasteiger charge is 2.58. The molecule has 0 aromatic rings. The van der Waals surface area contributed by atoms with Crippen LogP contribution in [0.2, 0.25) is 0 Å². The van der Waals surface area contributed by atoms with E-state index in [1.807, 2.05) is 0 Å². The van der Waals surface area contributed by atoms with Gasteiger partial charge in [-0.3, -0.25) is 14.1 Å². The third kappa shape index (κ3) is 5.61. The molecule has 144 valence electrons. The fourth-order valence-electron chi connectivity index (χ4n) is 2.66. The molecule has 0 aromatic carbocycles. The average Bonchev–Trinajstić information content (AvgIpc) is 2.86. The van der Waals surface area contributed by atoms with E-state index in [-0.39, 0.29) is 10.9 Å². The molecule has 1 N–H and O–H groups in total. The first-order chi connectivity index (χ1) is 11.4. The van der Waals surface area contributed by atoms with Crippen molar-refractivity contribution in [3.05, 3.63) is 0 Å². The third-order valence-corrected chi connectivity index (χ3v) is 4.78. The molecule has 0 radical (unpaired) electrons. The van der Waals surface area contributed by atoms with Crippen molar-refractivity contribution >= 4 is 33.2 Å². The Morgan fingerprint density at radius 2 is 1.92 bits per heavy atom. The fraction of sp³-hybridized carbons (Fsp3) is 0.846. The number of esters is 1. The zero-order chi connectivity index (χ0) is 19.0. The van der Waals surface area contributed by atoms with E-state index in [2.05, 4.69) is 4.18 Å². The molecule has 0 saturated carbocycles. The normalized spacial score (nSPS) is 32.2. The van der Waals surface area contributed by atoms with Crippen LogP contribution in [0.4, 0.5) is 0 Å². The van der Waals surface area contributed by atoms with Gasteiger partial charge in [0, 0.05) is 19.6 Å². The van der Waals surface area contributed by atoms with Gasteiger partial charge in [0.15, 0.2) is 29.4 Å². The Bertz CT molecular complexity index is 631. The number of ether oxygens (including phenoxy) is 4. The number of carbonyl (C=O) groups is 2. The van der Waals surface area contributed by atoms with E-state index in [4.69, 9.17) is 23.5 Å². The fourth-order valence-corrected chi connectivity index (χ4v) is 3.90. The first kappa shape index (κ1) is 20.6. The molecule has 2 aliphatic rings. The van der Waals surface area contributed by atoms with Crippen molar-refractivity contribution in [2.45, 2.75) is 64.2 Å². The maximum Gasteiger partial charge on any atom is 0.397 e. The quantitative estimate of drug-likeness (QED) is 0.486. The van der Waals surface area contributed by atoms with Crippen LogP contribution in [0.5, 0.6) is 0 Å². The highest BCUT2D eigenvalue weighted by atomic mass is 32.3. The summed E-state index contributed by atoms with van der Waals surface area (Å²) in [5, 5.41) is -0.292. The van der Waals surface area contributed by atoms with Crippen LogP contribution in [0.1, 0.15) is 27.7 Å². The molecule has 2 saturated heterocycles. The lowest BCUT2D eigenvalue weighted by atomic mass is 10.1. The number of carbonyl (C=O) groups excluding carboxylic acids is 2. The molecule has 12 heteroatoms. The van der Waals surface area contributed by atoms with Gasteiger partial charge in [0.25, 0.3) is 0 Å². The van der Waals surface area contributed by atoms with Crippen molar-refractivity contribution in [1.29, 1.82) is 0 Å². The lowest BCUT2D eigenvalue weighted by Crippen LogP contribution is -2.46. The van der Waals surface area contributed by atoms with Crippen LogP contribution in [0, 0.1) is 0 Å². The first-order valence-electron chi connectivity index (χ1n) is 7.35. The van der Waals surface area contributed by atoms with E-state index >= 15 is 0 Å². The summed E-state index contributed by atoms with van der Waals surface area (Å²) in [6.45, 7) is 5.75. The van der Waals surface area contributed by atoms with Crippen LogP contribution in [0.25, 0.3) is 0 Å².